The van der Waals surface area contributed by atoms with Crippen LogP contribution in [0.3, 0.4) is 0 Å². The summed E-state index contributed by atoms with van der Waals surface area (Å²) in [7, 11) is 1.55. The van der Waals surface area contributed by atoms with Crippen LogP contribution in [0.15, 0.2) is 22.5 Å². The van der Waals surface area contributed by atoms with E-state index in [1.807, 2.05) is 16.3 Å². The third kappa shape index (κ3) is 2.41. The van der Waals surface area contributed by atoms with E-state index in [9.17, 15) is 4.79 Å². The molecule has 1 saturated heterocycles. The molecule has 1 amide bonds. The highest BCUT2D eigenvalue weighted by Gasteiger charge is 2.18. The lowest BCUT2D eigenvalue weighted by Crippen LogP contribution is -2.30. The van der Waals surface area contributed by atoms with Crippen molar-refractivity contribution < 1.29 is 9.53 Å². The second-order valence-corrected chi connectivity index (χ2v) is 4.52. The third-order valence-corrected chi connectivity index (χ3v) is 3.35. The molecule has 0 spiro atoms. The van der Waals surface area contributed by atoms with Gasteiger partial charge in [0.25, 0.3) is 11.9 Å². The average molecular weight is 238 g/mol. The van der Waals surface area contributed by atoms with Gasteiger partial charge in [-0.05, 0) is 24.3 Å². The van der Waals surface area contributed by atoms with E-state index in [0.717, 1.165) is 25.9 Å². The fraction of sp³-hybridized carbons (Fsp3) is 0.455. The predicted molar refractivity (Wildman–Crippen MR) is 63.9 cm³/mol. The van der Waals surface area contributed by atoms with E-state index in [2.05, 4.69) is 4.99 Å². The van der Waals surface area contributed by atoms with Gasteiger partial charge in [0, 0.05) is 13.1 Å². The summed E-state index contributed by atoms with van der Waals surface area (Å²) in [5, 5.41) is 1.87. The van der Waals surface area contributed by atoms with Gasteiger partial charge in [0.15, 0.2) is 0 Å². The zero-order valence-electron chi connectivity index (χ0n) is 9.18. The molecule has 1 fully saturated rings. The van der Waals surface area contributed by atoms with E-state index in [1.54, 1.807) is 13.2 Å². The molecule has 0 aromatic carbocycles. The minimum atomic E-state index is -0.223. The molecule has 0 N–H and O–H groups in total. The number of rotatable bonds is 1. The van der Waals surface area contributed by atoms with Crippen molar-refractivity contribution in [1.82, 2.24) is 4.90 Å². The van der Waals surface area contributed by atoms with Crippen LogP contribution in [0.2, 0.25) is 0 Å². The molecule has 5 heteroatoms. The van der Waals surface area contributed by atoms with Gasteiger partial charge in [0.2, 0.25) is 0 Å². The summed E-state index contributed by atoms with van der Waals surface area (Å²) < 4.78 is 5.16. The fourth-order valence-corrected chi connectivity index (χ4v) is 2.30. The van der Waals surface area contributed by atoms with E-state index in [-0.39, 0.29) is 5.91 Å². The molecule has 0 aliphatic carbocycles. The van der Waals surface area contributed by atoms with Crippen LogP contribution in [0.4, 0.5) is 0 Å². The summed E-state index contributed by atoms with van der Waals surface area (Å²) in [6.07, 6.45) is 2.27. The molecule has 0 radical (unpaired) electrons. The topological polar surface area (TPSA) is 41.9 Å². The van der Waals surface area contributed by atoms with Crippen molar-refractivity contribution in [3.63, 3.8) is 0 Å². The standard InChI is InChI=1S/C11H14N2O2S/c1-15-11(13-6-2-3-7-13)12-10(14)9-5-4-8-16-9/h4-5,8H,2-3,6-7H2,1H3. The molecule has 0 unspecified atom stereocenters. The van der Waals surface area contributed by atoms with Gasteiger partial charge < -0.3 is 9.64 Å². The largest absolute Gasteiger partial charge is 0.468 e. The van der Waals surface area contributed by atoms with Crippen molar-refractivity contribution in [2.24, 2.45) is 4.99 Å². The predicted octanol–water partition coefficient (Wildman–Crippen LogP) is 1.99. The van der Waals surface area contributed by atoms with Crippen LogP contribution in [-0.2, 0) is 4.74 Å². The first-order chi connectivity index (χ1) is 7.81. The van der Waals surface area contributed by atoms with Crippen LogP contribution in [0.25, 0.3) is 0 Å². The highest BCUT2D eigenvalue weighted by Crippen LogP contribution is 2.12. The van der Waals surface area contributed by atoms with E-state index < -0.39 is 0 Å². The number of thiophene rings is 1. The molecule has 0 saturated carbocycles. The first-order valence-electron chi connectivity index (χ1n) is 5.26. The van der Waals surface area contributed by atoms with Gasteiger partial charge in [-0.1, -0.05) is 6.07 Å². The van der Waals surface area contributed by atoms with Crippen molar-refractivity contribution in [1.29, 1.82) is 0 Å². The minimum absolute atomic E-state index is 0.223. The zero-order valence-corrected chi connectivity index (χ0v) is 10.00. The minimum Gasteiger partial charge on any atom is -0.468 e. The fourth-order valence-electron chi connectivity index (χ4n) is 1.70. The molecule has 1 aliphatic heterocycles. The quantitative estimate of drug-likeness (QED) is 0.555. The normalized spacial score (nSPS) is 16.6. The van der Waals surface area contributed by atoms with Gasteiger partial charge in [-0.15, -0.1) is 11.3 Å². The van der Waals surface area contributed by atoms with Crippen molar-refractivity contribution in [2.75, 3.05) is 20.2 Å². The van der Waals surface area contributed by atoms with Gasteiger partial charge in [-0.25, -0.2) is 0 Å². The maximum Gasteiger partial charge on any atom is 0.295 e. The number of likely N-dealkylation sites (tertiary alicyclic amines) is 1. The number of nitrogens with zero attached hydrogens (tertiary/aromatic N) is 2. The molecular weight excluding hydrogens is 224 g/mol. The Morgan fingerprint density at radius 3 is 2.81 bits per heavy atom. The second-order valence-electron chi connectivity index (χ2n) is 3.58. The number of ether oxygens (including phenoxy) is 1. The molecule has 2 heterocycles. The summed E-state index contributed by atoms with van der Waals surface area (Å²) >= 11 is 1.40. The number of carbonyl (C=O) groups excluding carboxylic acids is 1. The summed E-state index contributed by atoms with van der Waals surface area (Å²) in [5.74, 6) is -0.223. The van der Waals surface area contributed by atoms with Gasteiger partial charge in [-0.3, -0.25) is 4.79 Å². The Balaban J connectivity index is 2.11. The Morgan fingerprint density at radius 1 is 1.50 bits per heavy atom. The van der Waals surface area contributed by atoms with Crippen LogP contribution in [0.5, 0.6) is 0 Å². The van der Waals surface area contributed by atoms with E-state index in [4.69, 9.17) is 4.74 Å². The van der Waals surface area contributed by atoms with Crippen LogP contribution in [0, 0.1) is 0 Å². The van der Waals surface area contributed by atoms with Crippen LogP contribution < -0.4 is 0 Å². The van der Waals surface area contributed by atoms with E-state index >= 15 is 0 Å². The molecule has 1 aromatic rings. The van der Waals surface area contributed by atoms with Gasteiger partial charge >= 0.3 is 0 Å². The van der Waals surface area contributed by atoms with Crippen molar-refractivity contribution in [2.45, 2.75) is 12.8 Å². The lowest BCUT2D eigenvalue weighted by Gasteiger charge is -2.17. The van der Waals surface area contributed by atoms with Crippen molar-refractivity contribution in [3.05, 3.63) is 22.4 Å². The lowest BCUT2D eigenvalue weighted by atomic mass is 10.4. The van der Waals surface area contributed by atoms with Crippen LogP contribution in [0.1, 0.15) is 22.5 Å². The summed E-state index contributed by atoms with van der Waals surface area (Å²) in [6.45, 7) is 1.84. The molecule has 1 aromatic heterocycles. The van der Waals surface area contributed by atoms with Crippen molar-refractivity contribution >= 4 is 23.3 Å². The Labute approximate surface area is 98.6 Å². The third-order valence-electron chi connectivity index (χ3n) is 2.49. The van der Waals surface area contributed by atoms with Gasteiger partial charge in [0.1, 0.15) is 0 Å². The number of carbonyl (C=O) groups is 1. The van der Waals surface area contributed by atoms with Crippen LogP contribution in [-0.4, -0.2) is 37.0 Å². The summed E-state index contributed by atoms with van der Waals surface area (Å²) in [6, 6.07) is 4.06. The maximum atomic E-state index is 11.7. The summed E-state index contributed by atoms with van der Waals surface area (Å²) in [4.78, 5) is 18.4. The monoisotopic (exact) mass is 238 g/mol. The summed E-state index contributed by atoms with van der Waals surface area (Å²) in [5.41, 5.74) is 0. The van der Waals surface area contributed by atoms with E-state index in [1.165, 1.54) is 11.3 Å². The molecule has 1 aliphatic rings. The molecule has 16 heavy (non-hydrogen) atoms. The first-order valence-corrected chi connectivity index (χ1v) is 6.14. The Bertz CT molecular complexity index is 381. The molecule has 2 rings (SSSR count). The smallest absolute Gasteiger partial charge is 0.295 e. The lowest BCUT2D eigenvalue weighted by molar-refractivity contribution is 0.100. The molecule has 0 bridgehead atoms. The highest BCUT2D eigenvalue weighted by molar-refractivity contribution is 7.12. The van der Waals surface area contributed by atoms with Gasteiger partial charge in [0.05, 0.1) is 12.0 Å². The molecule has 4 nitrogen and oxygen atoms in total. The maximum absolute atomic E-state index is 11.7. The van der Waals surface area contributed by atoms with Gasteiger partial charge in [-0.2, -0.15) is 4.99 Å². The Hall–Kier alpha value is -1.36. The van der Waals surface area contributed by atoms with Crippen LogP contribution >= 0.6 is 11.3 Å². The number of amides is 1. The first kappa shape index (κ1) is 11.1. The second kappa shape index (κ2) is 5.12. The number of aliphatic imine (C=N–C) groups is 1. The number of amidine groups is 1. The van der Waals surface area contributed by atoms with E-state index in [0.29, 0.717) is 10.9 Å². The average Bonchev–Trinajstić information content (AvgIpc) is 2.96. The molecular formula is C11H14N2O2S. The molecule has 86 valence electrons. The Kier molecular flexibility index (Phi) is 3.56. The number of methoxy groups -OCH3 is 1. The SMILES string of the molecule is COC(=NC(=O)c1cccs1)N1CCCC1. The number of hydrogen-bond donors (Lipinski definition) is 0. The Morgan fingerprint density at radius 2 is 2.25 bits per heavy atom. The highest BCUT2D eigenvalue weighted by atomic mass is 32.1. The number of hydrogen-bond acceptors (Lipinski definition) is 3. The zero-order chi connectivity index (χ0) is 11.4. The van der Waals surface area contributed by atoms with Crippen molar-refractivity contribution in [3.8, 4) is 0 Å². The molecule has 0 atom stereocenters.